The molecule has 0 spiro atoms. The van der Waals surface area contributed by atoms with Gasteiger partial charge in [0.2, 0.25) is 11.8 Å². The van der Waals surface area contributed by atoms with Crippen molar-refractivity contribution in [2.24, 2.45) is 0 Å². The first kappa shape index (κ1) is 18.9. The molecule has 1 amide bonds. The molecule has 0 bridgehead atoms. The summed E-state index contributed by atoms with van der Waals surface area (Å²) in [5, 5.41) is 1.52. The third kappa shape index (κ3) is 5.29. The van der Waals surface area contributed by atoms with Crippen LogP contribution in [0.1, 0.15) is 23.6 Å². The Morgan fingerprint density at radius 2 is 1.96 bits per heavy atom. The predicted octanol–water partition coefficient (Wildman–Crippen LogP) is 2.54. The molecule has 0 saturated carbocycles. The van der Waals surface area contributed by atoms with E-state index in [4.69, 9.17) is 4.74 Å². The minimum absolute atomic E-state index is 0.204. The molecule has 2 rings (SSSR count). The van der Waals surface area contributed by atoms with Gasteiger partial charge in [0.05, 0.1) is 0 Å². The van der Waals surface area contributed by atoms with Gasteiger partial charge in [-0.1, -0.05) is 18.2 Å². The van der Waals surface area contributed by atoms with Crippen LogP contribution in [0.2, 0.25) is 0 Å². The van der Waals surface area contributed by atoms with E-state index in [9.17, 15) is 13.2 Å². The van der Waals surface area contributed by atoms with Crippen LogP contribution in [0.25, 0.3) is 0 Å². The number of carbonyl (C=O) groups excluding carboxylic acids is 1. The molecule has 1 heterocycles. The van der Waals surface area contributed by atoms with Crippen molar-refractivity contribution in [2.75, 3.05) is 6.26 Å². The number of hydrogen-bond donors (Lipinski definition) is 1. The lowest BCUT2D eigenvalue weighted by atomic mass is 10.1. The molecule has 0 fully saturated rings. The van der Waals surface area contributed by atoms with Crippen molar-refractivity contribution >= 4 is 15.7 Å². The lowest BCUT2D eigenvalue weighted by Gasteiger charge is -2.11. The van der Waals surface area contributed by atoms with Crippen LogP contribution in [0.3, 0.4) is 0 Å². The van der Waals surface area contributed by atoms with Gasteiger partial charge in [-0.05, 0) is 43.5 Å². The Labute approximate surface area is 148 Å². The van der Waals surface area contributed by atoms with Crippen LogP contribution in [-0.2, 0) is 21.2 Å². The summed E-state index contributed by atoms with van der Waals surface area (Å²) in [4.78, 5) is 16.0. The number of aromatic nitrogens is 1. The van der Waals surface area contributed by atoms with Crippen molar-refractivity contribution < 1.29 is 17.9 Å². The van der Waals surface area contributed by atoms with E-state index in [-0.39, 0.29) is 6.54 Å². The van der Waals surface area contributed by atoms with Gasteiger partial charge in [-0.25, -0.2) is 13.4 Å². The minimum atomic E-state index is -3.40. The van der Waals surface area contributed by atoms with Crippen LogP contribution in [0.15, 0.2) is 36.5 Å². The fraction of sp³-hybridized carbons (Fsp3) is 0.333. The predicted molar refractivity (Wildman–Crippen MR) is 96.4 cm³/mol. The molecule has 0 aliphatic rings. The number of benzene rings is 1. The average Bonchev–Trinajstić information content (AvgIpc) is 2.55. The lowest BCUT2D eigenvalue weighted by Crippen LogP contribution is -2.37. The topological polar surface area (TPSA) is 85.4 Å². The highest BCUT2D eigenvalue weighted by molar-refractivity contribution is 7.92. The minimum Gasteiger partial charge on any atom is -0.439 e. The molecule has 25 heavy (non-hydrogen) atoms. The van der Waals surface area contributed by atoms with Crippen LogP contribution < -0.4 is 10.1 Å². The highest BCUT2D eigenvalue weighted by atomic mass is 32.2. The quantitative estimate of drug-likeness (QED) is 0.853. The zero-order valence-electron chi connectivity index (χ0n) is 14.7. The molecule has 2 aromatic rings. The summed E-state index contributed by atoms with van der Waals surface area (Å²) in [5.41, 5.74) is 2.86. The van der Waals surface area contributed by atoms with Crippen LogP contribution in [-0.4, -0.2) is 30.8 Å². The number of pyridine rings is 1. The average molecular weight is 362 g/mol. The largest absolute Gasteiger partial charge is 0.439 e. The number of aryl methyl sites for hydroxylation is 2. The fourth-order valence-electron chi connectivity index (χ4n) is 2.03. The van der Waals surface area contributed by atoms with Crippen molar-refractivity contribution in [1.82, 2.24) is 10.3 Å². The van der Waals surface area contributed by atoms with E-state index in [0.29, 0.717) is 5.88 Å². The summed E-state index contributed by atoms with van der Waals surface area (Å²) in [6.07, 6.45) is 2.63. The first-order valence-electron chi connectivity index (χ1n) is 7.83. The number of hydrogen-bond acceptors (Lipinski definition) is 5. The second-order valence-corrected chi connectivity index (χ2v) is 8.43. The highest BCUT2D eigenvalue weighted by Gasteiger charge is 2.22. The van der Waals surface area contributed by atoms with Crippen molar-refractivity contribution in [3.8, 4) is 11.6 Å². The van der Waals surface area contributed by atoms with Crippen LogP contribution in [0, 0.1) is 13.8 Å². The summed E-state index contributed by atoms with van der Waals surface area (Å²) < 4.78 is 28.5. The van der Waals surface area contributed by atoms with Gasteiger partial charge in [0.15, 0.2) is 9.84 Å². The Morgan fingerprint density at radius 1 is 1.24 bits per heavy atom. The standard InChI is InChI=1S/C18H22N2O4S/c1-12-5-6-13(2)16(9-12)24-17-8-7-15(10-19-17)11-20-18(21)14(3)25(4,22)23/h5-10,14H,11H2,1-4H3,(H,20,21)/t14-/m0/s1. The summed E-state index contributed by atoms with van der Waals surface area (Å²) in [5.74, 6) is 0.669. The van der Waals surface area contributed by atoms with E-state index < -0.39 is 21.0 Å². The second kappa shape index (κ2) is 7.65. The fourth-order valence-corrected chi connectivity index (χ4v) is 2.51. The first-order valence-corrected chi connectivity index (χ1v) is 9.79. The van der Waals surface area contributed by atoms with Gasteiger partial charge in [-0.3, -0.25) is 4.79 Å². The van der Waals surface area contributed by atoms with Crippen molar-refractivity contribution in [3.63, 3.8) is 0 Å². The van der Waals surface area contributed by atoms with Crippen molar-refractivity contribution in [1.29, 1.82) is 0 Å². The molecule has 0 radical (unpaired) electrons. The Kier molecular flexibility index (Phi) is 5.79. The molecule has 0 unspecified atom stereocenters. The normalized spacial score (nSPS) is 12.5. The smallest absolute Gasteiger partial charge is 0.238 e. The van der Waals surface area contributed by atoms with Gasteiger partial charge in [-0.15, -0.1) is 0 Å². The van der Waals surface area contributed by atoms with Gasteiger partial charge in [-0.2, -0.15) is 0 Å². The van der Waals surface area contributed by atoms with E-state index in [0.717, 1.165) is 28.7 Å². The number of rotatable bonds is 6. The zero-order chi connectivity index (χ0) is 18.6. The van der Waals surface area contributed by atoms with Crippen LogP contribution in [0.5, 0.6) is 11.6 Å². The summed E-state index contributed by atoms with van der Waals surface area (Å²) in [7, 11) is -3.40. The third-order valence-corrected chi connectivity index (χ3v) is 5.33. The number of sulfone groups is 1. The van der Waals surface area contributed by atoms with Crippen molar-refractivity contribution in [2.45, 2.75) is 32.6 Å². The number of amides is 1. The Morgan fingerprint density at radius 3 is 2.56 bits per heavy atom. The first-order chi connectivity index (χ1) is 11.7. The van der Waals surface area contributed by atoms with E-state index in [1.54, 1.807) is 18.3 Å². The number of carbonyl (C=O) groups is 1. The molecule has 7 heteroatoms. The molecule has 134 valence electrons. The number of ether oxygens (including phenoxy) is 1. The van der Waals surface area contributed by atoms with Crippen LogP contribution in [0.4, 0.5) is 0 Å². The summed E-state index contributed by atoms with van der Waals surface area (Å²) >= 11 is 0. The van der Waals surface area contributed by atoms with Gasteiger partial charge in [0.25, 0.3) is 0 Å². The van der Waals surface area contributed by atoms with E-state index >= 15 is 0 Å². The molecule has 0 saturated heterocycles. The van der Waals surface area contributed by atoms with Gasteiger partial charge in [0.1, 0.15) is 11.0 Å². The Bertz CT molecular complexity index is 861. The SMILES string of the molecule is Cc1ccc(C)c(Oc2ccc(CNC(=O)[C@H](C)S(C)(=O)=O)cn2)c1. The maximum absolute atomic E-state index is 11.8. The van der Waals surface area contributed by atoms with E-state index in [1.165, 1.54) is 6.92 Å². The van der Waals surface area contributed by atoms with Gasteiger partial charge < -0.3 is 10.1 Å². The molecule has 1 N–H and O–H groups in total. The molecule has 1 atom stereocenters. The lowest BCUT2D eigenvalue weighted by molar-refractivity contribution is -0.120. The van der Waals surface area contributed by atoms with Crippen LogP contribution >= 0.6 is 0 Å². The van der Waals surface area contributed by atoms with Gasteiger partial charge >= 0.3 is 0 Å². The van der Waals surface area contributed by atoms with Crippen molar-refractivity contribution in [3.05, 3.63) is 53.2 Å². The zero-order valence-corrected chi connectivity index (χ0v) is 15.6. The maximum Gasteiger partial charge on any atom is 0.238 e. The monoisotopic (exact) mass is 362 g/mol. The molecule has 1 aromatic heterocycles. The van der Waals surface area contributed by atoms with Gasteiger partial charge in [0, 0.05) is 25.1 Å². The molecular weight excluding hydrogens is 340 g/mol. The molecule has 0 aliphatic carbocycles. The molecule has 0 aliphatic heterocycles. The summed E-state index contributed by atoms with van der Waals surface area (Å²) in [6.45, 7) is 5.52. The summed E-state index contributed by atoms with van der Waals surface area (Å²) in [6, 6.07) is 9.43. The Hall–Kier alpha value is -2.41. The number of nitrogens with zero attached hydrogens (tertiary/aromatic N) is 1. The molecule has 6 nitrogen and oxygen atoms in total. The second-order valence-electron chi connectivity index (χ2n) is 6.07. The van der Waals surface area contributed by atoms with E-state index in [1.807, 2.05) is 32.0 Å². The highest BCUT2D eigenvalue weighted by Crippen LogP contribution is 2.24. The molecule has 1 aromatic carbocycles. The molecular formula is C18H22N2O4S. The van der Waals surface area contributed by atoms with E-state index in [2.05, 4.69) is 10.3 Å². The maximum atomic E-state index is 11.8. The number of nitrogens with one attached hydrogen (secondary N) is 1. The Balaban J connectivity index is 1.98. The third-order valence-electron chi connectivity index (χ3n) is 3.83.